The van der Waals surface area contributed by atoms with Crippen LogP contribution in [0.15, 0.2) is 30.7 Å². The van der Waals surface area contributed by atoms with Gasteiger partial charge in [-0.25, -0.2) is 9.97 Å². The number of nitrogens with zero attached hydrogens (tertiary/aromatic N) is 6. The molecule has 1 saturated carbocycles. The monoisotopic (exact) mass is 473 g/mol. The van der Waals surface area contributed by atoms with Crippen LogP contribution in [0, 0.1) is 22.7 Å². The Bertz CT molecular complexity index is 1300. The van der Waals surface area contributed by atoms with Crippen LogP contribution in [0.4, 0.5) is 13.2 Å². The zero-order valence-corrected chi connectivity index (χ0v) is 17.7. The molecule has 13 heteroatoms. The lowest BCUT2D eigenvalue weighted by Gasteiger charge is -2.17. The number of nitriles is 2. The number of aromatic nitrogens is 4. The van der Waals surface area contributed by atoms with Gasteiger partial charge in [-0.2, -0.15) is 20.3 Å². The van der Waals surface area contributed by atoms with Crippen LogP contribution in [-0.2, 0) is 5.41 Å². The Kier molecular flexibility index (Phi) is 5.51. The molecule has 0 bridgehead atoms. The average Bonchev–Trinajstić information content (AvgIpc) is 3.17. The highest BCUT2D eigenvalue weighted by Crippen LogP contribution is 2.48. The molecule has 4 rings (SSSR count). The quantitative estimate of drug-likeness (QED) is 0.580. The van der Waals surface area contributed by atoms with Crippen molar-refractivity contribution in [2.45, 2.75) is 37.6 Å². The van der Waals surface area contributed by atoms with Crippen molar-refractivity contribution in [2.24, 2.45) is 0 Å². The Hall–Kier alpha value is -3.97. The summed E-state index contributed by atoms with van der Waals surface area (Å²) in [7, 11) is 0. The number of thiazole rings is 1. The lowest BCUT2D eigenvalue weighted by molar-refractivity contribution is -0.274. The first-order chi connectivity index (χ1) is 15.6. The van der Waals surface area contributed by atoms with Crippen molar-refractivity contribution in [1.82, 2.24) is 25.1 Å². The number of amides is 1. The summed E-state index contributed by atoms with van der Waals surface area (Å²) in [4.78, 5) is 21.5. The maximum Gasteiger partial charge on any atom is 0.573 e. The normalized spacial score (nSPS) is 15.2. The highest BCUT2D eigenvalue weighted by Gasteiger charge is 2.46. The van der Waals surface area contributed by atoms with Crippen molar-refractivity contribution >= 4 is 17.2 Å². The molecule has 0 saturated heterocycles. The molecular weight excluding hydrogens is 459 g/mol. The third-order valence-electron chi connectivity index (χ3n) is 5.01. The van der Waals surface area contributed by atoms with Crippen molar-refractivity contribution < 1.29 is 22.7 Å². The number of halogens is 3. The van der Waals surface area contributed by atoms with Gasteiger partial charge in [-0.1, -0.05) is 11.3 Å². The van der Waals surface area contributed by atoms with E-state index >= 15 is 0 Å². The van der Waals surface area contributed by atoms with Crippen LogP contribution in [0.5, 0.6) is 5.75 Å². The van der Waals surface area contributed by atoms with E-state index in [4.69, 9.17) is 5.26 Å². The summed E-state index contributed by atoms with van der Waals surface area (Å²) in [6.45, 7) is 1.62. The number of carbonyl (C=O) groups excluding carboxylic acids is 1. The standard InChI is InChI=1S/C20H14F3N7O2S/c1-11(16-27-10-28-30(16)18-26-8-15(7-24)33-18)29-17(31)12-4-13(19(9-25)2-3-19)6-14(5-12)32-20(21,22)23/h4-6,8,10-11H,2-3H2,1H3,(H,29,31)/t11-/m1/s1. The molecule has 1 N–H and O–H groups in total. The molecular formula is C20H14F3N7O2S. The number of carbonyl (C=O) groups is 1. The number of hydrogen-bond acceptors (Lipinski definition) is 8. The van der Waals surface area contributed by atoms with Gasteiger partial charge in [0.05, 0.1) is 23.7 Å². The van der Waals surface area contributed by atoms with Gasteiger partial charge in [-0.05, 0) is 43.5 Å². The summed E-state index contributed by atoms with van der Waals surface area (Å²) in [5.74, 6) is -0.952. The van der Waals surface area contributed by atoms with Crippen LogP contribution in [0.2, 0.25) is 0 Å². The molecule has 2 heterocycles. The van der Waals surface area contributed by atoms with E-state index < -0.39 is 29.5 Å². The number of nitrogens with one attached hydrogen (secondary N) is 1. The molecule has 2 aromatic heterocycles. The number of alkyl halides is 3. The first-order valence-electron chi connectivity index (χ1n) is 9.54. The first kappa shape index (κ1) is 22.2. The molecule has 0 unspecified atom stereocenters. The van der Waals surface area contributed by atoms with Gasteiger partial charge in [0.2, 0.25) is 5.13 Å². The van der Waals surface area contributed by atoms with Crippen molar-refractivity contribution in [3.63, 3.8) is 0 Å². The first-order valence-corrected chi connectivity index (χ1v) is 10.4. The van der Waals surface area contributed by atoms with Crippen molar-refractivity contribution in [3.8, 4) is 23.0 Å². The summed E-state index contributed by atoms with van der Waals surface area (Å²) >= 11 is 1.08. The number of ether oxygens (including phenoxy) is 1. The molecule has 1 aromatic carbocycles. The van der Waals surface area contributed by atoms with Crippen molar-refractivity contribution in [1.29, 1.82) is 10.5 Å². The Morgan fingerprint density at radius 2 is 2.06 bits per heavy atom. The maximum atomic E-state index is 12.9. The van der Waals surface area contributed by atoms with E-state index in [1.807, 2.05) is 6.07 Å². The smallest absolute Gasteiger partial charge is 0.406 e. The van der Waals surface area contributed by atoms with Gasteiger partial charge in [-0.15, -0.1) is 13.2 Å². The van der Waals surface area contributed by atoms with E-state index in [1.165, 1.54) is 23.3 Å². The predicted molar refractivity (Wildman–Crippen MR) is 107 cm³/mol. The van der Waals surface area contributed by atoms with Gasteiger partial charge in [0.1, 0.15) is 23.0 Å². The Morgan fingerprint density at radius 1 is 1.30 bits per heavy atom. The average molecular weight is 473 g/mol. The second kappa shape index (κ2) is 8.18. The van der Waals surface area contributed by atoms with Gasteiger partial charge in [0.25, 0.3) is 5.91 Å². The largest absolute Gasteiger partial charge is 0.573 e. The third kappa shape index (κ3) is 4.63. The van der Waals surface area contributed by atoms with Crippen LogP contribution < -0.4 is 10.1 Å². The number of benzene rings is 1. The van der Waals surface area contributed by atoms with E-state index in [2.05, 4.69) is 31.2 Å². The van der Waals surface area contributed by atoms with Gasteiger partial charge in [0.15, 0.2) is 5.82 Å². The highest BCUT2D eigenvalue weighted by molar-refractivity contribution is 7.14. The second-order valence-electron chi connectivity index (χ2n) is 7.33. The summed E-state index contributed by atoms with van der Waals surface area (Å²) in [6, 6.07) is 6.86. The minimum Gasteiger partial charge on any atom is -0.406 e. The van der Waals surface area contributed by atoms with Gasteiger partial charge in [-0.3, -0.25) is 4.79 Å². The summed E-state index contributed by atoms with van der Waals surface area (Å²) in [6.07, 6.45) is -1.35. The van der Waals surface area contributed by atoms with Gasteiger partial charge >= 0.3 is 6.36 Å². The van der Waals surface area contributed by atoms with E-state index in [-0.39, 0.29) is 5.56 Å². The Labute approximate surface area is 189 Å². The maximum absolute atomic E-state index is 12.9. The van der Waals surface area contributed by atoms with Crippen LogP contribution in [0.1, 0.15) is 52.4 Å². The predicted octanol–water partition coefficient (Wildman–Crippen LogP) is 3.54. The molecule has 1 amide bonds. The molecule has 33 heavy (non-hydrogen) atoms. The zero-order chi connectivity index (χ0) is 23.8. The van der Waals surface area contributed by atoms with Crippen LogP contribution in [0.25, 0.3) is 5.13 Å². The minimum absolute atomic E-state index is 0.0906. The molecule has 9 nitrogen and oxygen atoms in total. The fourth-order valence-corrected chi connectivity index (χ4v) is 3.92. The molecule has 0 radical (unpaired) electrons. The SMILES string of the molecule is C[C@@H](NC(=O)c1cc(OC(F)(F)F)cc(C2(C#N)CC2)c1)c1ncnn1-c1ncc(C#N)s1. The number of hydrogen-bond donors (Lipinski definition) is 1. The number of rotatable bonds is 6. The fraction of sp³-hybridized carbons (Fsp3) is 0.300. The molecule has 0 aliphatic heterocycles. The molecule has 0 spiro atoms. The summed E-state index contributed by atoms with van der Waals surface area (Å²) in [5, 5.41) is 25.5. The second-order valence-corrected chi connectivity index (χ2v) is 8.34. The van der Waals surface area contributed by atoms with Crippen molar-refractivity contribution in [2.75, 3.05) is 0 Å². The minimum atomic E-state index is -4.95. The highest BCUT2D eigenvalue weighted by atomic mass is 32.1. The Balaban J connectivity index is 1.61. The van der Waals surface area contributed by atoms with Crippen LogP contribution in [0.3, 0.4) is 0 Å². The summed E-state index contributed by atoms with van der Waals surface area (Å²) in [5.41, 5.74) is -0.721. The van der Waals surface area contributed by atoms with E-state index in [0.29, 0.717) is 34.2 Å². The molecule has 3 aromatic rings. The van der Waals surface area contributed by atoms with Crippen LogP contribution >= 0.6 is 11.3 Å². The lowest BCUT2D eigenvalue weighted by atomic mass is 9.95. The van der Waals surface area contributed by atoms with E-state index in [0.717, 1.165) is 23.5 Å². The zero-order valence-electron chi connectivity index (χ0n) is 16.9. The van der Waals surface area contributed by atoms with Crippen molar-refractivity contribution in [3.05, 3.63) is 52.6 Å². The lowest BCUT2D eigenvalue weighted by Crippen LogP contribution is -2.29. The Morgan fingerprint density at radius 3 is 2.67 bits per heavy atom. The fourth-order valence-electron chi connectivity index (χ4n) is 3.24. The molecule has 1 aliphatic rings. The van der Waals surface area contributed by atoms with E-state index in [1.54, 1.807) is 6.92 Å². The molecule has 1 atom stereocenters. The van der Waals surface area contributed by atoms with Gasteiger partial charge < -0.3 is 10.1 Å². The molecule has 1 fully saturated rings. The summed E-state index contributed by atoms with van der Waals surface area (Å²) < 4.78 is 43.8. The topological polar surface area (TPSA) is 130 Å². The third-order valence-corrected chi connectivity index (χ3v) is 5.89. The van der Waals surface area contributed by atoms with Gasteiger partial charge in [0, 0.05) is 5.56 Å². The molecule has 1 aliphatic carbocycles. The van der Waals surface area contributed by atoms with Crippen LogP contribution in [-0.4, -0.2) is 32.0 Å². The van der Waals surface area contributed by atoms with E-state index in [9.17, 15) is 23.2 Å². The molecule has 168 valence electrons.